The van der Waals surface area contributed by atoms with Gasteiger partial charge >= 0.3 is 0 Å². The number of aromatic nitrogens is 1. The van der Waals surface area contributed by atoms with Crippen LogP contribution in [0.5, 0.6) is 0 Å². The highest BCUT2D eigenvalue weighted by Crippen LogP contribution is 2.26. The van der Waals surface area contributed by atoms with Crippen LogP contribution in [0.2, 0.25) is 0 Å². The summed E-state index contributed by atoms with van der Waals surface area (Å²) in [6.07, 6.45) is 3.20. The van der Waals surface area contributed by atoms with Crippen molar-refractivity contribution < 1.29 is 9.21 Å². The molecule has 0 saturated heterocycles. The number of carbonyl (C=O) groups excluding carboxylic acids is 1. The summed E-state index contributed by atoms with van der Waals surface area (Å²) in [7, 11) is 0. The fourth-order valence-corrected chi connectivity index (χ4v) is 2.82. The van der Waals surface area contributed by atoms with Crippen LogP contribution in [0.25, 0.3) is 11.1 Å². The van der Waals surface area contributed by atoms with Crippen LogP contribution in [0.1, 0.15) is 10.6 Å². The number of anilines is 4. The maximum Gasteiger partial charge on any atom is 0.291 e. The van der Waals surface area contributed by atoms with Crippen molar-refractivity contribution in [2.75, 3.05) is 16.4 Å². The van der Waals surface area contributed by atoms with E-state index in [-0.39, 0.29) is 11.7 Å². The molecule has 0 aliphatic rings. The maximum absolute atomic E-state index is 12.2. The second-order valence-electron chi connectivity index (χ2n) is 6.19. The molecule has 6 nitrogen and oxygen atoms in total. The first-order valence-corrected chi connectivity index (χ1v) is 8.71. The molecule has 0 aliphatic heterocycles. The molecule has 0 unspecified atom stereocenters. The van der Waals surface area contributed by atoms with E-state index in [2.05, 4.69) is 15.6 Å². The van der Waals surface area contributed by atoms with Crippen molar-refractivity contribution in [3.8, 4) is 11.1 Å². The van der Waals surface area contributed by atoms with Crippen LogP contribution >= 0.6 is 0 Å². The zero-order valence-corrected chi connectivity index (χ0v) is 14.9. The van der Waals surface area contributed by atoms with E-state index in [1.54, 1.807) is 18.3 Å². The van der Waals surface area contributed by atoms with Gasteiger partial charge in [-0.1, -0.05) is 18.2 Å². The van der Waals surface area contributed by atoms with E-state index in [0.29, 0.717) is 17.2 Å². The zero-order valence-electron chi connectivity index (χ0n) is 14.9. The summed E-state index contributed by atoms with van der Waals surface area (Å²) in [5, 5.41) is 6.08. The Morgan fingerprint density at radius 3 is 2.54 bits per heavy atom. The minimum Gasteiger partial charge on any atom is -0.459 e. The zero-order chi connectivity index (χ0) is 19.3. The number of carbonyl (C=O) groups is 1. The predicted octanol–water partition coefficient (Wildman–Crippen LogP) is 4.92. The lowest BCUT2D eigenvalue weighted by atomic mass is 10.1. The minimum absolute atomic E-state index is 0.267. The third kappa shape index (κ3) is 4.02. The van der Waals surface area contributed by atoms with E-state index in [1.165, 1.54) is 6.26 Å². The van der Waals surface area contributed by atoms with E-state index in [1.807, 2.05) is 60.7 Å². The van der Waals surface area contributed by atoms with Gasteiger partial charge in [0.15, 0.2) is 5.76 Å². The molecular weight excluding hydrogens is 352 g/mol. The largest absolute Gasteiger partial charge is 0.459 e. The van der Waals surface area contributed by atoms with Gasteiger partial charge in [-0.05, 0) is 65.7 Å². The SMILES string of the molecule is Nc1cccc(Nc2cc(-c3cccc(NC(=O)c4ccco4)c3)ccn2)c1. The molecule has 0 saturated carbocycles. The summed E-state index contributed by atoms with van der Waals surface area (Å²) >= 11 is 0. The van der Waals surface area contributed by atoms with Crippen LogP contribution in [-0.2, 0) is 0 Å². The summed E-state index contributed by atoms with van der Waals surface area (Å²) in [6, 6.07) is 22.2. The number of pyridine rings is 1. The molecule has 4 N–H and O–H groups in total. The summed E-state index contributed by atoms with van der Waals surface area (Å²) in [6.45, 7) is 0. The smallest absolute Gasteiger partial charge is 0.291 e. The Kier molecular flexibility index (Phi) is 4.76. The number of hydrogen-bond acceptors (Lipinski definition) is 5. The number of nitrogens with two attached hydrogens (primary N) is 1. The van der Waals surface area contributed by atoms with Gasteiger partial charge in [-0.2, -0.15) is 0 Å². The number of nitrogens with one attached hydrogen (secondary N) is 2. The Labute approximate surface area is 162 Å². The molecule has 2 heterocycles. The van der Waals surface area contributed by atoms with Crippen molar-refractivity contribution in [3.05, 3.63) is 91.0 Å². The highest BCUT2D eigenvalue weighted by atomic mass is 16.3. The minimum atomic E-state index is -0.291. The average Bonchev–Trinajstić information content (AvgIpc) is 3.24. The topological polar surface area (TPSA) is 93.2 Å². The molecule has 28 heavy (non-hydrogen) atoms. The van der Waals surface area contributed by atoms with Crippen molar-refractivity contribution in [3.63, 3.8) is 0 Å². The Hall–Kier alpha value is -4.06. The van der Waals surface area contributed by atoms with Crippen LogP contribution in [0, 0.1) is 0 Å². The third-order valence-electron chi connectivity index (χ3n) is 4.12. The molecule has 4 rings (SSSR count). The van der Waals surface area contributed by atoms with Gasteiger partial charge in [-0.15, -0.1) is 0 Å². The van der Waals surface area contributed by atoms with E-state index in [0.717, 1.165) is 16.8 Å². The van der Waals surface area contributed by atoms with Gasteiger partial charge in [-0.25, -0.2) is 4.98 Å². The lowest BCUT2D eigenvalue weighted by molar-refractivity contribution is 0.0996. The normalized spacial score (nSPS) is 10.4. The number of rotatable bonds is 5. The lowest BCUT2D eigenvalue weighted by Crippen LogP contribution is -2.10. The van der Waals surface area contributed by atoms with E-state index >= 15 is 0 Å². The summed E-state index contributed by atoms with van der Waals surface area (Å²) in [5.74, 6) is 0.678. The molecular formula is C22H18N4O2. The third-order valence-corrected chi connectivity index (χ3v) is 4.12. The van der Waals surface area contributed by atoms with Crippen LogP contribution in [0.4, 0.5) is 22.9 Å². The van der Waals surface area contributed by atoms with Crippen LogP contribution in [-0.4, -0.2) is 10.9 Å². The number of furan rings is 1. The molecule has 0 fully saturated rings. The van der Waals surface area contributed by atoms with Crippen molar-refractivity contribution in [1.82, 2.24) is 4.98 Å². The quantitative estimate of drug-likeness (QED) is 0.434. The number of amides is 1. The van der Waals surface area contributed by atoms with Gasteiger partial charge in [0.2, 0.25) is 0 Å². The van der Waals surface area contributed by atoms with Crippen LogP contribution in [0.15, 0.2) is 89.7 Å². The average molecular weight is 370 g/mol. The van der Waals surface area contributed by atoms with Crippen molar-refractivity contribution in [1.29, 1.82) is 0 Å². The summed E-state index contributed by atoms with van der Waals surface area (Å²) in [5.41, 5.74) is 9.97. The lowest BCUT2D eigenvalue weighted by Gasteiger charge is -2.10. The van der Waals surface area contributed by atoms with Gasteiger partial charge in [0.05, 0.1) is 6.26 Å². The Morgan fingerprint density at radius 1 is 0.893 bits per heavy atom. The molecule has 0 spiro atoms. The Bertz CT molecular complexity index is 1110. The Morgan fingerprint density at radius 2 is 1.71 bits per heavy atom. The van der Waals surface area contributed by atoms with Gasteiger partial charge in [-0.3, -0.25) is 4.79 Å². The number of hydrogen-bond donors (Lipinski definition) is 3. The highest BCUT2D eigenvalue weighted by Gasteiger charge is 2.09. The van der Waals surface area contributed by atoms with Crippen molar-refractivity contribution in [2.45, 2.75) is 0 Å². The number of benzene rings is 2. The molecule has 0 aliphatic carbocycles. The first-order valence-electron chi connectivity index (χ1n) is 8.71. The molecule has 1 amide bonds. The van der Waals surface area contributed by atoms with Crippen LogP contribution < -0.4 is 16.4 Å². The number of nitrogen functional groups attached to an aromatic ring is 1. The van der Waals surface area contributed by atoms with Crippen molar-refractivity contribution in [2.24, 2.45) is 0 Å². The van der Waals surface area contributed by atoms with Gasteiger partial charge in [0, 0.05) is 23.3 Å². The van der Waals surface area contributed by atoms with E-state index < -0.39 is 0 Å². The molecule has 4 aromatic rings. The molecule has 0 bridgehead atoms. The molecule has 0 atom stereocenters. The molecule has 138 valence electrons. The standard InChI is InChI=1S/C22H18N4O2/c23-17-5-2-7-19(14-17)25-21-13-16(9-10-24-21)15-4-1-6-18(12-15)26-22(27)20-8-3-11-28-20/h1-14H,23H2,(H,24,25)(H,26,27). The monoisotopic (exact) mass is 370 g/mol. The highest BCUT2D eigenvalue weighted by molar-refractivity contribution is 6.02. The fourth-order valence-electron chi connectivity index (χ4n) is 2.82. The number of nitrogens with zero attached hydrogens (tertiary/aromatic N) is 1. The van der Waals surface area contributed by atoms with Crippen LogP contribution in [0.3, 0.4) is 0 Å². The van der Waals surface area contributed by atoms with E-state index in [9.17, 15) is 4.79 Å². The maximum atomic E-state index is 12.2. The molecule has 2 aromatic heterocycles. The van der Waals surface area contributed by atoms with E-state index in [4.69, 9.17) is 10.2 Å². The fraction of sp³-hybridized carbons (Fsp3) is 0. The van der Waals surface area contributed by atoms with Gasteiger partial charge in [0.1, 0.15) is 5.82 Å². The summed E-state index contributed by atoms with van der Waals surface area (Å²) < 4.78 is 5.13. The first kappa shape index (κ1) is 17.4. The molecule has 6 heteroatoms. The second kappa shape index (κ2) is 7.67. The molecule has 2 aromatic carbocycles. The van der Waals surface area contributed by atoms with Crippen molar-refractivity contribution >= 4 is 28.8 Å². The molecule has 0 radical (unpaired) electrons. The first-order chi connectivity index (χ1) is 13.7. The summed E-state index contributed by atoms with van der Waals surface area (Å²) in [4.78, 5) is 16.5. The van der Waals surface area contributed by atoms with Gasteiger partial charge in [0.25, 0.3) is 5.91 Å². The Balaban J connectivity index is 1.55. The predicted molar refractivity (Wildman–Crippen MR) is 110 cm³/mol. The second-order valence-corrected chi connectivity index (χ2v) is 6.19. The van der Waals surface area contributed by atoms with Gasteiger partial charge < -0.3 is 20.8 Å².